The summed E-state index contributed by atoms with van der Waals surface area (Å²) >= 11 is 14.0. The highest BCUT2D eigenvalue weighted by Crippen LogP contribution is 2.40. The Morgan fingerprint density at radius 1 is 1.24 bits per heavy atom. The number of anilines is 1. The molecule has 1 saturated heterocycles. The number of fused-ring (bicyclic) bond motifs is 1. The van der Waals surface area contributed by atoms with Gasteiger partial charge in [-0.1, -0.05) is 35.5 Å². The predicted octanol–water partition coefficient (Wildman–Crippen LogP) is 4.42. The fourth-order valence-corrected chi connectivity index (χ4v) is 4.99. The highest BCUT2D eigenvalue weighted by Gasteiger charge is 2.27. The number of piperidine rings is 1. The number of hydrogen-bond donors (Lipinski definition) is 1. The molecule has 0 radical (unpaired) electrons. The number of benzene rings is 1. The number of nitrogens with one attached hydrogen (secondary N) is 1. The van der Waals surface area contributed by atoms with Crippen LogP contribution in [0.5, 0.6) is 0 Å². The van der Waals surface area contributed by atoms with Crippen LogP contribution in [-0.4, -0.2) is 38.7 Å². The third-order valence-corrected chi connectivity index (χ3v) is 6.39. The zero-order chi connectivity index (χ0) is 17.2. The summed E-state index contributed by atoms with van der Waals surface area (Å²) in [4.78, 5) is 11.3. The van der Waals surface area contributed by atoms with Crippen molar-refractivity contribution in [2.24, 2.45) is 0 Å². The van der Waals surface area contributed by atoms with Crippen molar-refractivity contribution in [2.75, 3.05) is 18.4 Å². The quantitative estimate of drug-likeness (QED) is 0.613. The van der Waals surface area contributed by atoms with E-state index in [9.17, 15) is 0 Å². The molecule has 132 valence electrons. The number of likely N-dealkylation sites (tertiary alicyclic amines) is 1. The summed E-state index contributed by atoms with van der Waals surface area (Å²) in [7, 11) is 0. The number of alkyl halides is 1. The second-order valence-corrected chi connectivity index (χ2v) is 8.98. The molecule has 0 saturated carbocycles. The fraction of sp³-hybridized carbons (Fsp3) is 0.444. The molecule has 4 rings (SSSR count). The first-order chi connectivity index (χ1) is 12.2. The number of aromatic nitrogens is 2. The molecular weight excluding hydrogens is 375 g/mol. The van der Waals surface area contributed by atoms with E-state index in [2.05, 4.69) is 32.3 Å². The van der Waals surface area contributed by atoms with Gasteiger partial charge in [-0.25, -0.2) is 9.97 Å². The van der Waals surface area contributed by atoms with Gasteiger partial charge in [0, 0.05) is 42.7 Å². The van der Waals surface area contributed by atoms with Gasteiger partial charge in [0.1, 0.15) is 17.2 Å². The van der Waals surface area contributed by atoms with Crippen molar-refractivity contribution < 1.29 is 0 Å². The van der Waals surface area contributed by atoms with Gasteiger partial charge in [-0.2, -0.15) is 0 Å². The number of rotatable bonds is 4. The van der Waals surface area contributed by atoms with Gasteiger partial charge in [0.05, 0.1) is 4.71 Å². The van der Waals surface area contributed by atoms with E-state index in [1.165, 1.54) is 11.1 Å². The highest BCUT2D eigenvalue weighted by atomic mass is 35.5. The van der Waals surface area contributed by atoms with Crippen molar-refractivity contribution >= 4 is 40.8 Å². The Bertz CT molecular complexity index is 750. The summed E-state index contributed by atoms with van der Waals surface area (Å²) in [6.07, 6.45) is 4.68. The smallest absolute Gasteiger partial charge is 0.134 e. The molecule has 0 aliphatic carbocycles. The second-order valence-electron chi connectivity index (χ2n) is 6.56. The monoisotopic (exact) mass is 394 g/mol. The van der Waals surface area contributed by atoms with Crippen molar-refractivity contribution in [2.45, 2.75) is 41.6 Å². The van der Waals surface area contributed by atoms with Crippen LogP contribution in [0, 0.1) is 0 Å². The number of thioether (sulfide) groups is 1. The van der Waals surface area contributed by atoms with Crippen molar-refractivity contribution in [3.8, 4) is 0 Å². The van der Waals surface area contributed by atoms with Crippen molar-refractivity contribution in [1.82, 2.24) is 14.9 Å². The van der Waals surface area contributed by atoms with E-state index in [0.717, 1.165) is 54.8 Å². The van der Waals surface area contributed by atoms with Gasteiger partial charge in [0.25, 0.3) is 0 Å². The average Bonchev–Trinajstić information content (AvgIpc) is 2.98. The molecule has 2 aromatic rings. The Kier molecular flexibility index (Phi) is 5.36. The first kappa shape index (κ1) is 17.4. The maximum Gasteiger partial charge on any atom is 0.134 e. The molecule has 1 fully saturated rings. The normalized spacial score (nSPS) is 21.3. The molecule has 1 aromatic carbocycles. The van der Waals surface area contributed by atoms with E-state index in [1.54, 1.807) is 18.1 Å². The molecule has 2 aliphatic rings. The molecule has 1 N–H and O–H groups in total. The molecule has 3 heterocycles. The third-order valence-electron chi connectivity index (χ3n) is 4.73. The molecule has 1 unspecified atom stereocenters. The van der Waals surface area contributed by atoms with Gasteiger partial charge in [0.15, 0.2) is 0 Å². The molecule has 25 heavy (non-hydrogen) atoms. The van der Waals surface area contributed by atoms with Gasteiger partial charge in [-0.15, -0.1) is 11.6 Å². The summed E-state index contributed by atoms with van der Waals surface area (Å²) in [5.41, 5.74) is 2.45. The lowest BCUT2D eigenvalue weighted by molar-refractivity contribution is 0.211. The maximum absolute atomic E-state index is 6.25. The predicted molar refractivity (Wildman–Crippen MR) is 105 cm³/mol. The van der Waals surface area contributed by atoms with Gasteiger partial charge >= 0.3 is 0 Å². The minimum atomic E-state index is 0.0757. The zero-order valence-electron chi connectivity index (χ0n) is 13.8. The highest BCUT2D eigenvalue weighted by molar-refractivity contribution is 8.01. The molecule has 0 amide bonds. The summed E-state index contributed by atoms with van der Waals surface area (Å²) in [5, 5.41) is 5.46. The first-order valence-corrected chi connectivity index (χ1v) is 10.2. The van der Waals surface area contributed by atoms with E-state index in [1.807, 2.05) is 12.1 Å². The topological polar surface area (TPSA) is 41.0 Å². The van der Waals surface area contributed by atoms with Crippen LogP contribution in [0.4, 0.5) is 5.82 Å². The molecular formula is C18H20Cl2N4S. The number of nitrogens with zero attached hydrogens (tertiary/aromatic N) is 3. The molecule has 1 atom stereocenters. The SMILES string of the molecule is Clc1cccc(CN2CCC(Nc3ncnc4c3CC(Cl)S4)CC2)c1. The number of halogens is 2. The molecule has 2 aliphatic heterocycles. The maximum atomic E-state index is 6.25. The van der Waals surface area contributed by atoms with Crippen LogP contribution in [0.25, 0.3) is 0 Å². The van der Waals surface area contributed by atoms with E-state index >= 15 is 0 Å². The van der Waals surface area contributed by atoms with Crippen LogP contribution in [0.1, 0.15) is 24.0 Å². The summed E-state index contributed by atoms with van der Waals surface area (Å²) in [6, 6.07) is 8.58. The van der Waals surface area contributed by atoms with Crippen LogP contribution in [0.2, 0.25) is 5.02 Å². The summed E-state index contributed by atoms with van der Waals surface area (Å²) in [5.74, 6) is 0.967. The van der Waals surface area contributed by atoms with E-state index in [4.69, 9.17) is 23.2 Å². The standard InChI is InChI=1S/C18H20Cl2N4S/c19-13-3-1-2-12(8-13)10-24-6-4-14(5-7-24)23-17-15-9-16(20)25-18(15)22-11-21-17/h1-3,8,11,14,16H,4-7,9-10H2,(H,21,22,23). The fourth-order valence-electron chi connectivity index (χ4n) is 3.45. The second kappa shape index (κ2) is 7.70. The van der Waals surface area contributed by atoms with E-state index in [0.29, 0.717) is 6.04 Å². The first-order valence-electron chi connectivity index (χ1n) is 8.55. The molecule has 7 heteroatoms. The molecule has 4 nitrogen and oxygen atoms in total. The molecule has 0 bridgehead atoms. The lowest BCUT2D eigenvalue weighted by atomic mass is 10.0. The van der Waals surface area contributed by atoms with Crippen LogP contribution >= 0.6 is 35.0 Å². The van der Waals surface area contributed by atoms with Crippen LogP contribution in [0.15, 0.2) is 35.6 Å². The van der Waals surface area contributed by atoms with E-state index < -0.39 is 0 Å². The molecule has 1 aromatic heterocycles. The van der Waals surface area contributed by atoms with Crippen LogP contribution in [-0.2, 0) is 13.0 Å². The zero-order valence-corrected chi connectivity index (χ0v) is 16.1. The Morgan fingerprint density at radius 3 is 2.88 bits per heavy atom. The number of hydrogen-bond acceptors (Lipinski definition) is 5. The summed E-state index contributed by atoms with van der Waals surface area (Å²) < 4.78 is 0.0757. The van der Waals surface area contributed by atoms with Crippen LogP contribution < -0.4 is 5.32 Å². The van der Waals surface area contributed by atoms with Crippen molar-refractivity contribution in [1.29, 1.82) is 0 Å². The Balaban J connectivity index is 1.33. The van der Waals surface area contributed by atoms with Gasteiger partial charge in [-0.3, -0.25) is 4.90 Å². The lowest BCUT2D eigenvalue weighted by Crippen LogP contribution is -2.39. The third kappa shape index (κ3) is 4.22. The minimum absolute atomic E-state index is 0.0757. The minimum Gasteiger partial charge on any atom is -0.367 e. The van der Waals surface area contributed by atoms with Gasteiger partial charge < -0.3 is 5.32 Å². The Morgan fingerprint density at radius 2 is 2.08 bits per heavy atom. The molecule has 0 spiro atoms. The average molecular weight is 395 g/mol. The van der Waals surface area contributed by atoms with Gasteiger partial charge in [-0.05, 0) is 30.5 Å². The lowest BCUT2D eigenvalue weighted by Gasteiger charge is -2.33. The Labute approximate surface area is 162 Å². The Hall–Kier alpha value is -1.01. The van der Waals surface area contributed by atoms with Crippen LogP contribution in [0.3, 0.4) is 0 Å². The van der Waals surface area contributed by atoms with E-state index in [-0.39, 0.29) is 4.71 Å². The van der Waals surface area contributed by atoms with Gasteiger partial charge in [0.2, 0.25) is 0 Å². The summed E-state index contributed by atoms with van der Waals surface area (Å²) in [6.45, 7) is 3.11. The van der Waals surface area contributed by atoms with Crippen molar-refractivity contribution in [3.63, 3.8) is 0 Å². The van der Waals surface area contributed by atoms with Crippen molar-refractivity contribution in [3.05, 3.63) is 46.7 Å². The largest absolute Gasteiger partial charge is 0.367 e.